The van der Waals surface area contributed by atoms with Gasteiger partial charge in [0.15, 0.2) is 0 Å². The Bertz CT molecular complexity index is 509. The van der Waals surface area contributed by atoms with Crippen molar-refractivity contribution >= 4 is 33.2 Å². The lowest BCUT2D eigenvalue weighted by Gasteiger charge is -2.08. The largest absolute Gasteiger partial charge is 0.383 e. The van der Waals surface area contributed by atoms with Crippen LogP contribution in [0.1, 0.15) is 10.6 Å². The number of rotatable bonds is 6. The molecule has 0 saturated heterocycles. The number of nitrogens with zero attached hydrogens (tertiary/aromatic N) is 2. The fourth-order valence-corrected chi connectivity index (χ4v) is 3.05. The number of anilines is 1. The standard InChI is InChI=1S/C12H16BrN3OS/c1-9-7-16(3-4-17-2)12(15-9)14-6-11-5-10(13)8-18-11/h5,7-8H,3-4,6H2,1-2H3,(H,14,15). The van der Waals surface area contributed by atoms with Gasteiger partial charge < -0.3 is 14.6 Å². The predicted molar refractivity (Wildman–Crippen MR) is 78.2 cm³/mol. The van der Waals surface area contributed by atoms with Crippen molar-refractivity contribution in [3.63, 3.8) is 0 Å². The van der Waals surface area contributed by atoms with Crippen molar-refractivity contribution in [2.24, 2.45) is 0 Å². The van der Waals surface area contributed by atoms with Crippen molar-refractivity contribution in [2.75, 3.05) is 19.0 Å². The Labute approximate surface area is 119 Å². The summed E-state index contributed by atoms with van der Waals surface area (Å²) < 4.78 is 8.31. The molecule has 0 atom stereocenters. The molecule has 2 heterocycles. The molecule has 0 aromatic carbocycles. The van der Waals surface area contributed by atoms with E-state index >= 15 is 0 Å². The van der Waals surface area contributed by atoms with Gasteiger partial charge in [0.05, 0.1) is 18.8 Å². The molecule has 0 unspecified atom stereocenters. The molecule has 0 radical (unpaired) electrons. The molecule has 2 aromatic heterocycles. The summed E-state index contributed by atoms with van der Waals surface area (Å²) in [5.41, 5.74) is 1.01. The SMILES string of the molecule is COCCn1cc(C)nc1NCc1cc(Br)cs1. The quantitative estimate of drug-likeness (QED) is 0.883. The Morgan fingerprint density at radius 3 is 3.06 bits per heavy atom. The van der Waals surface area contributed by atoms with Crippen LogP contribution in [-0.2, 0) is 17.8 Å². The molecule has 98 valence electrons. The minimum atomic E-state index is 0.690. The first-order valence-corrected chi connectivity index (χ1v) is 7.36. The number of hydrogen-bond acceptors (Lipinski definition) is 4. The molecule has 2 rings (SSSR count). The van der Waals surface area contributed by atoms with E-state index in [1.807, 2.05) is 13.1 Å². The third-order valence-electron chi connectivity index (χ3n) is 2.48. The summed E-state index contributed by atoms with van der Waals surface area (Å²) in [6.07, 6.45) is 2.03. The normalized spacial score (nSPS) is 10.8. The molecule has 0 spiro atoms. The van der Waals surface area contributed by atoms with E-state index in [0.717, 1.165) is 29.2 Å². The van der Waals surface area contributed by atoms with Gasteiger partial charge in [-0.1, -0.05) is 0 Å². The van der Waals surface area contributed by atoms with Crippen molar-refractivity contribution in [1.29, 1.82) is 0 Å². The first kappa shape index (κ1) is 13.6. The van der Waals surface area contributed by atoms with E-state index in [1.54, 1.807) is 18.4 Å². The van der Waals surface area contributed by atoms with E-state index in [2.05, 4.69) is 42.2 Å². The maximum Gasteiger partial charge on any atom is 0.203 e. The third-order valence-corrected chi connectivity index (χ3v) is 4.17. The van der Waals surface area contributed by atoms with E-state index in [9.17, 15) is 0 Å². The van der Waals surface area contributed by atoms with Crippen molar-refractivity contribution in [3.05, 3.63) is 32.7 Å². The molecule has 0 aliphatic rings. The van der Waals surface area contributed by atoms with Crippen LogP contribution in [0, 0.1) is 6.92 Å². The Balaban J connectivity index is 1.99. The first-order valence-electron chi connectivity index (χ1n) is 5.68. The van der Waals surface area contributed by atoms with E-state index in [1.165, 1.54) is 4.88 Å². The zero-order valence-electron chi connectivity index (χ0n) is 10.4. The molecule has 0 aliphatic heterocycles. The summed E-state index contributed by atoms with van der Waals surface area (Å²) in [7, 11) is 1.71. The van der Waals surface area contributed by atoms with Gasteiger partial charge in [-0.25, -0.2) is 4.98 Å². The number of imidazole rings is 1. The summed E-state index contributed by atoms with van der Waals surface area (Å²) in [6.45, 7) is 4.29. The number of hydrogen-bond donors (Lipinski definition) is 1. The number of aromatic nitrogens is 2. The Kier molecular flexibility index (Phi) is 4.79. The highest BCUT2D eigenvalue weighted by molar-refractivity contribution is 9.10. The molecule has 0 fully saturated rings. The molecule has 0 bridgehead atoms. The second-order valence-electron chi connectivity index (χ2n) is 3.98. The predicted octanol–water partition coefficient (Wildman–Crippen LogP) is 3.27. The van der Waals surface area contributed by atoms with Gasteiger partial charge in [-0.3, -0.25) is 0 Å². The van der Waals surface area contributed by atoms with E-state index in [-0.39, 0.29) is 0 Å². The van der Waals surface area contributed by atoms with Crippen LogP contribution < -0.4 is 5.32 Å². The number of halogens is 1. The van der Waals surface area contributed by atoms with Gasteiger partial charge in [-0.2, -0.15) is 0 Å². The average molecular weight is 330 g/mol. The van der Waals surface area contributed by atoms with Crippen LogP contribution in [0.2, 0.25) is 0 Å². The van der Waals surface area contributed by atoms with Crippen LogP contribution >= 0.6 is 27.3 Å². The first-order chi connectivity index (χ1) is 8.69. The van der Waals surface area contributed by atoms with Gasteiger partial charge in [0.25, 0.3) is 0 Å². The fourth-order valence-electron chi connectivity index (χ4n) is 1.66. The summed E-state index contributed by atoms with van der Waals surface area (Å²) in [5, 5.41) is 5.44. The van der Waals surface area contributed by atoms with E-state index in [0.29, 0.717) is 6.61 Å². The Morgan fingerprint density at radius 2 is 2.39 bits per heavy atom. The maximum absolute atomic E-state index is 5.10. The summed E-state index contributed by atoms with van der Waals surface area (Å²) in [6, 6.07) is 2.12. The smallest absolute Gasteiger partial charge is 0.203 e. The molecule has 0 amide bonds. The molecular weight excluding hydrogens is 314 g/mol. The second kappa shape index (κ2) is 6.36. The number of aryl methyl sites for hydroxylation is 1. The van der Waals surface area contributed by atoms with Crippen molar-refractivity contribution in [2.45, 2.75) is 20.0 Å². The van der Waals surface area contributed by atoms with Crippen LogP contribution in [0.5, 0.6) is 0 Å². The van der Waals surface area contributed by atoms with Gasteiger partial charge >= 0.3 is 0 Å². The number of thiophene rings is 1. The van der Waals surface area contributed by atoms with Crippen molar-refractivity contribution in [3.8, 4) is 0 Å². The zero-order chi connectivity index (χ0) is 13.0. The summed E-state index contributed by atoms with van der Waals surface area (Å²) >= 11 is 5.18. The minimum Gasteiger partial charge on any atom is -0.383 e. The van der Waals surface area contributed by atoms with E-state index < -0.39 is 0 Å². The van der Waals surface area contributed by atoms with Crippen LogP contribution in [0.4, 0.5) is 5.95 Å². The zero-order valence-corrected chi connectivity index (χ0v) is 12.8. The maximum atomic E-state index is 5.10. The van der Waals surface area contributed by atoms with Gasteiger partial charge in [0.1, 0.15) is 0 Å². The fraction of sp³-hybridized carbons (Fsp3) is 0.417. The molecule has 2 aromatic rings. The third kappa shape index (κ3) is 3.57. The van der Waals surface area contributed by atoms with E-state index in [4.69, 9.17) is 4.74 Å². The monoisotopic (exact) mass is 329 g/mol. The van der Waals surface area contributed by atoms with Gasteiger partial charge in [-0.05, 0) is 28.9 Å². The molecule has 0 saturated carbocycles. The number of nitrogens with one attached hydrogen (secondary N) is 1. The highest BCUT2D eigenvalue weighted by Crippen LogP contribution is 2.20. The molecule has 4 nitrogen and oxygen atoms in total. The summed E-state index contributed by atoms with van der Waals surface area (Å²) in [4.78, 5) is 5.75. The summed E-state index contributed by atoms with van der Waals surface area (Å²) in [5.74, 6) is 0.897. The highest BCUT2D eigenvalue weighted by atomic mass is 79.9. The van der Waals surface area contributed by atoms with Crippen LogP contribution in [0.25, 0.3) is 0 Å². The molecule has 18 heavy (non-hydrogen) atoms. The van der Waals surface area contributed by atoms with Crippen LogP contribution in [-0.4, -0.2) is 23.3 Å². The lowest BCUT2D eigenvalue weighted by molar-refractivity contribution is 0.187. The van der Waals surface area contributed by atoms with Crippen LogP contribution in [0.15, 0.2) is 22.1 Å². The molecule has 0 aliphatic carbocycles. The van der Waals surface area contributed by atoms with Crippen LogP contribution in [0.3, 0.4) is 0 Å². The van der Waals surface area contributed by atoms with Crippen molar-refractivity contribution in [1.82, 2.24) is 9.55 Å². The lowest BCUT2D eigenvalue weighted by atomic mass is 10.5. The van der Waals surface area contributed by atoms with Gasteiger partial charge in [-0.15, -0.1) is 11.3 Å². The molecule has 1 N–H and O–H groups in total. The second-order valence-corrected chi connectivity index (χ2v) is 5.89. The average Bonchev–Trinajstić information content (AvgIpc) is 2.90. The minimum absolute atomic E-state index is 0.690. The number of methoxy groups -OCH3 is 1. The topological polar surface area (TPSA) is 39.1 Å². The van der Waals surface area contributed by atoms with Crippen molar-refractivity contribution < 1.29 is 4.74 Å². The lowest BCUT2D eigenvalue weighted by Crippen LogP contribution is -2.09. The number of ether oxygens (including phenoxy) is 1. The van der Waals surface area contributed by atoms with Gasteiger partial charge in [0.2, 0.25) is 5.95 Å². The van der Waals surface area contributed by atoms with Gasteiger partial charge in [0, 0.05) is 34.6 Å². The Morgan fingerprint density at radius 1 is 1.56 bits per heavy atom. The molecular formula is C12H16BrN3OS. The Hall–Kier alpha value is -0.850. The molecule has 6 heteroatoms. The highest BCUT2D eigenvalue weighted by Gasteiger charge is 2.05.